The summed E-state index contributed by atoms with van der Waals surface area (Å²) in [5.74, 6) is -0.232. The number of methoxy groups -OCH3 is 1. The SMILES string of the molecule is CCOC(=O)c1c(NC(=O)CSCCC(=O)OC)sc(C)c1C. The van der Waals surface area contributed by atoms with Crippen molar-refractivity contribution in [1.29, 1.82) is 0 Å². The van der Waals surface area contributed by atoms with Crippen molar-refractivity contribution in [2.24, 2.45) is 0 Å². The maximum absolute atomic E-state index is 12.0. The highest BCUT2D eigenvalue weighted by Crippen LogP contribution is 2.33. The van der Waals surface area contributed by atoms with E-state index in [1.54, 1.807) is 6.92 Å². The molecule has 0 radical (unpaired) electrons. The molecule has 0 unspecified atom stereocenters. The van der Waals surface area contributed by atoms with Crippen molar-refractivity contribution in [3.63, 3.8) is 0 Å². The predicted molar refractivity (Wildman–Crippen MR) is 92.3 cm³/mol. The van der Waals surface area contributed by atoms with E-state index in [2.05, 4.69) is 10.1 Å². The van der Waals surface area contributed by atoms with Crippen molar-refractivity contribution < 1.29 is 23.9 Å². The Labute approximate surface area is 143 Å². The van der Waals surface area contributed by atoms with Crippen LogP contribution in [0.3, 0.4) is 0 Å². The van der Waals surface area contributed by atoms with E-state index >= 15 is 0 Å². The zero-order chi connectivity index (χ0) is 17.4. The van der Waals surface area contributed by atoms with Crippen molar-refractivity contribution in [3.8, 4) is 0 Å². The molecule has 1 aromatic rings. The van der Waals surface area contributed by atoms with Crippen molar-refractivity contribution in [2.45, 2.75) is 27.2 Å². The number of anilines is 1. The van der Waals surface area contributed by atoms with Crippen molar-refractivity contribution in [2.75, 3.05) is 30.5 Å². The molecule has 8 heteroatoms. The quantitative estimate of drug-likeness (QED) is 0.568. The molecular formula is C15H21NO5S2. The largest absolute Gasteiger partial charge is 0.469 e. The second-order valence-electron chi connectivity index (χ2n) is 4.63. The third-order valence-electron chi connectivity index (χ3n) is 3.03. The highest BCUT2D eigenvalue weighted by molar-refractivity contribution is 7.99. The normalized spacial score (nSPS) is 10.3. The van der Waals surface area contributed by atoms with Gasteiger partial charge in [-0.25, -0.2) is 4.79 Å². The first-order valence-electron chi connectivity index (χ1n) is 7.12. The number of aryl methyl sites for hydroxylation is 1. The molecule has 0 bridgehead atoms. The number of hydrogen-bond acceptors (Lipinski definition) is 7. The fourth-order valence-corrected chi connectivity index (χ4v) is 3.53. The lowest BCUT2D eigenvalue weighted by Gasteiger charge is -2.07. The molecule has 0 atom stereocenters. The summed E-state index contributed by atoms with van der Waals surface area (Å²) in [5.41, 5.74) is 1.24. The fourth-order valence-electron chi connectivity index (χ4n) is 1.75. The number of hydrogen-bond donors (Lipinski definition) is 1. The van der Waals surface area contributed by atoms with E-state index in [1.165, 1.54) is 30.2 Å². The molecule has 23 heavy (non-hydrogen) atoms. The van der Waals surface area contributed by atoms with Crippen molar-refractivity contribution in [3.05, 3.63) is 16.0 Å². The van der Waals surface area contributed by atoms with Crippen LogP contribution in [0.1, 0.15) is 34.1 Å². The first-order valence-corrected chi connectivity index (χ1v) is 9.09. The topological polar surface area (TPSA) is 81.7 Å². The van der Waals surface area contributed by atoms with Crippen LogP contribution in [0.25, 0.3) is 0 Å². The Balaban J connectivity index is 2.62. The molecule has 0 aliphatic heterocycles. The van der Waals surface area contributed by atoms with E-state index in [4.69, 9.17) is 4.74 Å². The van der Waals surface area contributed by atoms with Gasteiger partial charge in [-0.1, -0.05) is 0 Å². The van der Waals surface area contributed by atoms with Gasteiger partial charge < -0.3 is 14.8 Å². The zero-order valence-electron chi connectivity index (χ0n) is 13.7. The zero-order valence-corrected chi connectivity index (χ0v) is 15.3. The monoisotopic (exact) mass is 359 g/mol. The van der Waals surface area contributed by atoms with Crippen LogP contribution in [0.2, 0.25) is 0 Å². The molecule has 0 saturated carbocycles. The van der Waals surface area contributed by atoms with Crippen molar-refractivity contribution >= 4 is 45.9 Å². The highest BCUT2D eigenvalue weighted by atomic mass is 32.2. The lowest BCUT2D eigenvalue weighted by molar-refractivity contribution is -0.140. The Morgan fingerprint density at radius 2 is 1.96 bits per heavy atom. The number of carbonyl (C=O) groups is 3. The molecule has 128 valence electrons. The van der Waals surface area contributed by atoms with E-state index in [1.807, 2.05) is 13.8 Å². The van der Waals surface area contributed by atoms with E-state index < -0.39 is 5.97 Å². The molecular weight excluding hydrogens is 338 g/mol. The minimum absolute atomic E-state index is 0.204. The summed E-state index contributed by atoms with van der Waals surface area (Å²) >= 11 is 2.69. The first kappa shape index (κ1) is 19.5. The first-order chi connectivity index (χ1) is 10.9. The van der Waals surface area contributed by atoms with Crippen LogP contribution in [-0.4, -0.2) is 43.1 Å². The fraction of sp³-hybridized carbons (Fsp3) is 0.533. The van der Waals surface area contributed by atoms with Gasteiger partial charge in [-0.2, -0.15) is 11.8 Å². The minimum Gasteiger partial charge on any atom is -0.469 e. The summed E-state index contributed by atoms with van der Waals surface area (Å²) in [6.45, 7) is 5.74. The molecule has 0 saturated heterocycles. The lowest BCUT2D eigenvalue weighted by atomic mass is 10.1. The van der Waals surface area contributed by atoms with Crippen LogP contribution in [-0.2, 0) is 19.1 Å². The summed E-state index contributed by atoms with van der Waals surface area (Å²) in [7, 11) is 1.33. The average Bonchev–Trinajstić information content (AvgIpc) is 2.78. The maximum Gasteiger partial charge on any atom is 0.341 e. The van der Waals surface area contributed by atoms with Gasteiger partial charge in [0.25, 0.3) is 0 Å². The minimum atomic E-state index is -0.428. The third-order valence-corrected chi connectivity index (χ3v) is 5.11. The number of carbonyl (C=O) groups excluding carboxylic acids is 3. The average molecular weight is 359 g/mol. The van der Waals surface area contributed by atoms with Gasteiger partial charge in [-0.3, -0.25) is 9.59 Å². The molecule has 1 N–H and O–H groups in total. The second kappa shape index (κ2) is 9.57. The van der Waals surface area contributed by atoms with E-state index in [0.29, 0.717) is 16.3 Å². The Morgan fingerprint density at radius 3 is 2.57 bits per heavy atom. The standard InChI is InChI=1S/C15H21NO5S2/c1-5-21-15(19)13-9(2)10(3)23-14(13)16-11(17)8-22-7-6-12(18)20-4/h5-8H2,1-4H3,(H,16,17). The summed E-state index contributed by atoms with van der Waals surface area (Å²) in [5, 5.41) is 3.27. The molecule has 6 nitrogen and oxygen atoms in total. The smallest absolute Gasteiger partial charge is 0.341 e. The van der Waals surface area contributed by atoms with Gasteiger partial charge in [-0.05, 0) is 26.3 Å². The highest BCUT2D eigenvalue weighted by Gasteiger charge is 2.21. The third kappa shape index (κ3) is 5.87. The number of rotatable bonds is 8. The summed E-state index contributed by atoms with van der Waals surface area (Å²) < 4.78 is 9.57. The summed E-state index contributed by atoms with van der Waals surface area (Å²) in [4.78, 5) is 36.0. The van der Waals surface area contributed by atoms with Crippen LogP contribution >= 0.6 is 23.1 Å². The summed E-state index contributed by atoms with van der Waals surface area (Å²) in [6, 6.07) is 0. The van der Waals surface area contributed by atoms with Crippen molar-refractivity contribution in [1.82, 2.24) is 0 Å². The van der Waals surface area contributed by atoms with E-state index in [0.717, 1.165) is 10.4 Å². The molecule has 0 fully saturated rings. The summed E-state index contributed by atoms with van der Waals surface area (Å²) in [6.07, 6.45) is 0.264. The molecule has 1 amide bonds. The van der Waals surface area contributed by atoms with E-state index in [-0.39, 0.29) is 30.7 Å². The Kier molecular flexibility index (Phi) is 8.11. The van der Waals surface area contributed by atoms with Gasteiger partial charge in [0.1, 0.15) is 5.00 Å². The number of nitrogens with one attached hydrogen (secondary N) is 1. The van der Waals surface area contributed by atoms with Gasteiger partial charge in [-0.15, -0.1) is 11.3 Å². The Bertz CT molecular complexity index is 583. The number of thioether (sulfide) groups is 1. The van der Waals surface area contributed by atoms with Crippen LogP contribution in [0.15, 0.2) is 0 Å². The lowest BCUT2D eigenvalue weighted by Crippen LogP contribution is -2.17. The molecule has 1 heterocycles. The molecule has 0 aliphatic rings. The van der Waals surface area contributed by atoms with Gasteiger partial charge in [0, 0.05) is 10.6 Å². The molecule has 0 aromatic carbocycles. The maximum atomic E-state index is 12.0. The van der Waals surface area contributed by atoms with Gasteiger partial charge in [0.2, 0.25) is 5.91 Å². The molecule has 0 aliphatic carbocycles. The van der Waals surface area contributed by atoms with Gasteiger partial charge in [0.05, 0.1) is 31.5 Å². The second-order valence-corrected chi connectivity index (χ2v) is 6.96. The van der Waals surface area contributed by atoms with E-state index in [9.17, 15) is 14.4 Å². The van der Waals surface area contributed by atoms with Crippen LogP contribution < -0.4 is 5.32 Å². The molecule has 1 rings (SSSR count). The number of esters is 2. The Hall–Kier alpha value is -1.54. The Morgan fingerprint density at radius 1 is 1.26 bits per heavy atom. The van der Waals surface area contributed by atoms with Crippen LogP contribution in [0.4, 0.5) is 5.00 Å². The number of amides is 1. The molecule has 0 spiro atoms. The van der Waals surface area contributed by atoms with Gasteiger partial charge in [0.15, 0.2) is 0 Å². The number of thiophene rings is 1. The van der Waals surface area contributed by atoms with Gasteiger partial charge >= 0.3 is 11.9 Å². The molecule has 1 aromatic heterocycles. The number of ether oxygens (including phenoxy) is 2. The predicted octanol–water partition coefficient (Wildman–Crippen LogP) is 2.78. The van der Waals surface area contributed by atoms with Crippen LogP contribution in [0.5, 0.6) is 0 Å². The van der Waals surface area contributed by atoms with Crippen LogP contribution in [0, 0.1) is 13.8 Å².